The first-order chi connectivity index (χ1) is 9.10. The Labute approximate surface area is 110 Å². The lowest BCUT2D eigenvalue weighted by atomic mass is 10.2. The molecule has 7 nitrogen and oxygen atoms in total. The summed E-state index contributed by atoms with van der Waals surface area (Å²) < 4.78 is 5.09. The normalized spacial score (nSPS) is 13.7. The smallest absolute Gasteiger partial charge is 0.271 e. The number of ether oxygens (including phenoxy) is 1. The van der Waals surface area contributed by atoms with Gasteiger partial charge in [0.15, 0.2) is 0 Å². The number of rotatable bonds is 6. The molecule has 0 unspecified atom stereocenters. The molecule has 1 aromatic carbocycles. The predicted octanol–water partition coefficient (Wildman–Crippen LogP) is 1.29. The molecule has 1 amide bonds. The number of nitro groups is 1. The van der Waals surface area contributed by atoms with E-state index in [9.17, 15) is 14.9 Å². The van der Waals surface area contributed by atoms with Crippen LogP contribution in [0, 0.1) is 10.1 Å². The maximum atomic E-state index is 11.5. The van der Waals surface area contributed by atoms with E-state index in [1.165, 1.54) is 25.3 Å². The van der Waals surface area contributed by atoms with Gasteiger partial charge in [0.25, 0.3) is 5.69 Å². The summed E-state index contributed by atoms with van der Waals surface area (Å²) >= 11 is 0. The predicted molar refractivity (Wildman–Crippen MR) is 69.3 cm³/mol. The largest absolute Gasteiger partial charge is 0.495 e. The quantitative estimate of drug-likeness (QED) is 0.597. The second-order valence-electron chi connectivity index (χ2n) is 4.34. The van der Waals surface area contributed by atoms with E-state index in [1.54, 1.807) is 0 Å². The van der Waals surface area contributed by atoms with Crippen LogP contribution in [-0.2, 0) is 4.79 Å². The van der Waals surface area contributed by atoms with Crippen molar-refractivity contribution in [3.8, 4) is 5.75 Å². The molecule has 0 aliphatic heterocycles. The summed E-state index contributed by atoms with van der Waals surface area (Å²) in [7, 11) is 1.47. The first-order valence-electron chi connectivity index (χ1n) is 5.96. The van der Waals surface area contributed by atoms with E-state index in [-0.39, 0.29) is 18.1 Å². The Morgan fingerprint density at radius 3 is 2.84 bits per heavy atom. The minimum absolute atomic E-state index is 0.0501. The van der Waals surface area contributed by atoms with Crippen molar-refractivity contribution < 1.29 is 14.5 Å². The Morgan fingerprint density at radius 2 is 2.26 bits per heavy atom. The summed E-state index contributed by atoms with van der Waals surface area (Å²) in [4.78, 5) is 21.7. The van der Waals surface area contributed by atoms with Crippen molar-refractivity contribution in [1.82, 2.24) is 5.32 Å². The van der Waals surface area contributed by atoms with Gasteiger partial charge in [-0.3, -0.25) is 14.9 Å². The standard InChI is InChI=1S/C12H15N3O4/c1-19-11-5-4-9(15(17)18)6-10(11)13-7-12(16)14-8-2-3-8/h4-6,8,13H,2-3,7H2,1H3,(H,14,16). The van der Waals surface area contributed by atoms with E-state index in [1.807, 2.05) is 0 Å². The monoisotopic (exact) mass is 265 g/mol. The highest BCUT2D eigenvalue weighted by Gasteiger charge is 2.23. The number of benzene rings is 1. The van der Waals surface area contributed by atoms with E-state index in [0.29, 0.717) is 17.5 Å². The lowest BCUT2D eigenvalue weighted by Crippen LogP contribution is -2.31. The number of nitrogens with zero attached hydrogens (tertiary/aromatic N) is 1. The van der Waals surface area contributed by atoms with Gasteiger partial charge in [0.1, 0.15) is 5.75 Å². The number of carbonyl (C=O) groups is 1. The molecule has 1 aliphatic carbocycles. The molecule has 0 spiro atoms. The minimum atomic E-state index is -0.491. The zero-order chi connectivity index (χ0) is 13.8. The maximum absolute atomic E-state index is 11.5. The molecule has 0 bridgehead atoms. The highest BCUT2D eigenvalue weighted by Crippen LogP contribution is 2.28. The first kappa shape index (κ1) is 13.1. The molecule has 0 radical (unpaired) electrons. The Bertz CT molecular complexity index is 500. The van der Waals surface area contributed by atoms with E-state index in [2.05, 4.69) is 10.6 Å². The van der Waals surface area contributed by atoms with E-state index >= 15 is 0 Å². The topological polar surface area (TPSA) is 93.5 Å². The number of amides is 1. The molecule has 0 atom stereocenters. The molecule has 7 heteroatoms. The molecular weight excluding hydrogens is 250 g/mol. The molecule has 1 saturated carbocycles. The van der Waals surface area contributed by atoms with Crippen molar-refractivity contribution in [3.05, 3.63) is 28.3 Å². The van der Waals surface area contributed by atoms with E-state index in [4.69, 9.17) is 4.74 Å². The van der Waals surface area contributed by atoms with Crippen molar-refractivity contribution in [2.45, 2.75) is 18.9 Å². The third kappa shape index (κ3) is 3.57. The van der Waals surface area contributed by atoms with Crippen LogP contribution in [0.1, 0.15) is 12.8 Å². The molecule has 102 valence electrons. The van der Waals surface area contributed by atoms with Gasteiger partial charge in [-0.2, -0.15) is 0 Å². The number of hydrogen-bond donors (Lipinski definition) is 2. The average molecular weight is 265 g/mol. The SMILES string of the molecule is COc1ccc([N+](=O)[O-])cc1NCC(=O)NC1CC1. The van der Waals surface area contributed by atoms with Crippen LogP contribution < -0.4 is 15.4 Å². The van der Waals surface area contributed by atoms with Crippen molar-refractivity contribution in [3.63, 3.8) is 0 Å². The van der Waals surface area contributed by atoms with Gasteiger partial charge in [0.2, 0.25) is 5.91 Å². The third-order valence-corrected chi connectivity index (χ3v) is 2.78. The molecule has 2 rings (SSSR count). The van der Waals surface area contributed by atoms with Crippen molar-refractivity contribution in [1.29, 1.82) is 0 Å². The first-order valence-corrected chi connectivity index (χ1v) is 5.96. The molecule has 2 N–H and O–H groups in total. The van der Waals surface area contributed by atoms with Crippen LogP contribution in [0.3, 0.4) is 0 Å². The number of methoxy groups -OCH3 is 1. The molecule has 1 aromatic rings. The number of nitrogens with one attached hydrogen (secondary N) is 2. The lowest BCUT2D eigenvalue weighted by Gasteiger charge is -2.10. The summed E-state index contributed by atoms with van der Waals surface area (Å²) in [6, 6.07) is 4.50. The van der Waals surface area contributed by atoms with Crippen molar-refractivity contribution >= 4 is 17.3 Å². The molecule has 0 heterocycles. The fourth-order valence-corrected chi connectivity index (χ4v) is 1.63. The van der Waals surface area contributed by atoms with Crippen LogP contribution in [0.4, 0.5) is 11.4 Å². The Kier molecular flexibility index (Phi) is 3.84. The summed E-state index contributed by atoms with van der Waals surface area (Å²) in [6.45, 7) is 0.0635. The zero-order valence-corrected chi connectivity index (χ0v) is 10.5. The van der Waals surface area contributed by atoms with Crippen molar-refractivity contribution in [2.75, 3.05) is 19.0 Å². The molecular formula is C12H15N3O4. The number of anilines is 1. The number of non-ortho nitro benzene ring substituents is 1. The number of hydrogen-bond acceptors (Lipinski definition) is 5. The Morgan fingerprint density at radius 1 is 1.53 bits per heavy atom. The fourth-order valence-electron chi connectivity index (χ4n) is 1.63. The molecule has 1 aliphatic rings. The fraction of sp³-hybridized carbons (Fsp3) is 0.417. The van der Waals surface area contributed by atoms with Crippen LogP contribution >= 0.6 is 0 Å². The summed E-state index contributed by atoms with van der Waals surface area (Å²) in [5, 5.41) is 16.4. The Balaban J connectivity index is 2.01. The van der Waals surface area contributed by atoms with Gasteiger partial charge in [-0.05, 0) is 18.9 Å². The molecule has 0 aromatic heterocycles. The van der Waals surface area contributed by atoms with Gasteiger partial charge in [0.05, 0.1) is 24.3 Å². The number of nitro benzene ring substituents is 1. The lowest BCUT2D eigenvalue weighted by molar-refractivity contribution is -0.384. The van der Waals surface area contributed by atoms with Crippen LogP contribution in [0.2, 0.25) is 0 Å². The van der Waals surface area contributed by atoms with Gasteiger partial charge >= 0.3 is 0 Å². The van der Waals surface area contributed by atoms with Crippen molar-refractivity contribution in [2.24, 2.45) is 0 Å². The van der Waals surface area contributed by atoms with Crippen LogP contribution in [0.5, 0.6) is 5.75 Å². The summed E-state index contributed by atoms with van der Waals surface area (Å²) in [6.07, 6.45) is 2.04. The van der Waals surface area contributed by atoms with Crippen LogP contribution in [0.25, 0.3) is 0 Å². The van der Waals surface area contributed by atoms with Gasteiger partial charge in [-0.25, -0.2) is 0 Å². The summed E-state index contributed by atoms with van der Waals surface area (Å²) in [5.41, 5.74) is 0.383. The zero-order valence-electron chi connectivity index (χ0n) is 10.5. The van der Waals surface area contributed by atoms with Gasteiger partial charge < -0.3 is 15.4 Å². The Hall–Kier alpha value is -2.31. The van der Waals surface area contributed by atoms with Crippen LogP contribution in [-0.4, -0.2) is 30.5 Å². The molecule has 0 saturated heterocycles. The third-order valence-electron chi connectivity index (χ3n) is 2.78. The highest BCUT2D eigenvalue weighted by molar-refractivity contribution is 5.82. The second-order valence-corrected chi connectivity index (χ2v) is 4.34. The second kappa shape index (κ2) is 5.55. The highest BCUT2D eigenvalue weighted by atomic mass is 16.6. The minimum Gasteiger partial charge on any atom is -0.495 e. The average Bonchev–Trinajstić information content (AvgIpc) is 3.19. The number of carbonyl (C=O) groups excluding carboxylic acids is 1. The van der Waals surface area contributed by atoms with Gasteiger partial charge in [-0.1, -0.05) is 0 Å². The maximum Gasteiger partial charge on any atom is 0.271 e. The van der Waals surface area contributed by atoms with Gasteiger partial charge in [0, 0.05) is 18.2 Å². The molecule has 19 heavy (non-hydrogen) atoms. The van der Waals surface area contributed by atoms with Crippen LogP contribution in [0.15, 0.2) is 18.2 Å². The van der Waals surface area contributed by atoms with Gasteiger partial charge in [-0.15, -0.1) is 0 Å². The molecule has 1 fully saturated rings. The van der Waals surface area contributed by atoms with E-state index in [0.717, 1.165) is 12.8 Å². The summed E-state index contributed by atoms with van der Waals surface area (Å²) in [5.74, 6) is 0.334. The van der Waals surface area contributed by atoms with E-state index < -0.39 is 4.92 Å².